The molecular formula is C15H32N2O3S. The third-order valence-electron chi connectivity index (χ3n) is 4.39. The Labute approximate surface area is 130 Å². The second-order valence-corrected chi connectivity index (χ2v) is 10.3. The van der Waals surface area contributed by atoms with Crippen LogP contribution in [0.1, 0.15) is 41.5 Å². The van der Waals surface area contributed by atoms with Crippen molar-refractivity contribution in [2.45, 2.75) is 64.0 Å². The molecule has 126 valence electrons. The maximum Gasteiger partial charge on any atom is 0.153 e. The van der Waals surface area contributed by atoms with Crippen LogP contribution in [0.25, 0.3) is 0 Å². The first-order chi connectivity index (χ1) is 9.35. The molecule has 1 fully saturated rings. The number of ether oxygens (including phenoxy) is 1. The summed E-state index contributed by atoms with van der Waals surface area (Å²) in [6.45, 7) is 15.1. The lowest BCUT2D eigenvalue weighted by molar-refractivity contribution is -0.0952. The summed E-state index contributed by atoms with van der Waals surface area (Å²) in [7, 11) is -3.06. The highest BCUT2D eigenvalue weighted by Crippen LogP contribution is 2.21. The molecule has 0 aromatic carbocycles. The first kappa shape index (κ1) is 18.9. The number of hydrogen-bond acceptors (Lipinski definition) is 5. The molecule has 1 aliphatic rings. The maximum absolute atomic E-state index is 11.7. The summed E-state index contributed by atoms with van der Waals surface area (Å²) >= 11 is 0. The minimum Gasteiger partial charge on any atom is -0.373 e. The lowest BCUT2D eigenvalue weighted by Gasteiger charge is -2.45. The van der Waals surface area contributed by atoms with E-state index in [1.807, 2.05) is 0 Å². The van der Waals surface area contributed by atoms with Crippen molar-refractivity contribution in [2.24, 2.45) is 0 Å². The van der Waals surface area contributed by atoms with E-state index in [1.165, 1.54) is 6.26 Å². The van der Waals surface area contributed by atoms with E-state index >= 15 is 0 Å². The van der Waals surface area contributed by atoms with Crippen LogP contribution >= 0.6 is 0 Å². The number of hydrogen-bond donors (Lipinski definition) is 1. The molecule has 0 aliphatic carbocycles. The van der Waals surface area contributed by atoms with E-state index in [0.29, 0.717) is 6.54 Å². The lowest BCUT2D eigenvalue weighted by Crippen LogP contribution is -2.59. The van der Waals surface area contributed by atoms with Crippen LogP contribution in [0, 0.1) is 0 Å². The fraction of sp³-hybridized carbons (Fsp3) is 1.00. The minimum atomic E-state index is -3.06. The average Bonchev–Trinajstić information content (AvgIpc) is 2.25. The monoisotopic (exact) mass is 320 g/mol. The van der Waals surface area contributed by atoms with Crippen LogP contribution in [0.5, 0.6) is 0 Å². The molecule has 1 rings (SSSR count). The van der Waals surface area contributed by atoms with E-state index < -0.39 is 14.6 Å². The van der Waals surface area contributed by atoms with Crippen LogP contribution in [0.15, 0.2) is 0 Å². The van der Waals surface area contributed by atoms with Gasteiger partial charge in [0.1, 0.15) is 0 Å². The molecule has 1 saturated heterocycles. The normalized spacial score (nSPS) is 26.0. The van der Waals surface area contributed by atoms with Crippen LogP contribution in [0.4, 0.5) is 0 Å². The van der Waals surface area contributed by atoms with Gasteiger partial charge in [0.2, 0.25) is 0 Å². The standard InChI is InChI=1S/C15H32N2O3S/c1-12-8-17(9-13(2)20-12)14(3,4)10-16-11-15(5,6)21(7,18)19/h12-13,16H,8-11H2,1-7H3. The van der Waals surface area contributed by atoms with E-state index in [1.54, 1.807) is 13.8 Å². The summed E-state index contributed by atoms with van der Waals surface area (Å²) in [4.78, 5) is 2.42. The van der Waals surface area contributed by atoms with Gasteiger partial charge in [-0.15, -0.1) is 0 Å². The zero-order valence-corrected chi connectivity index (χ0v) is 15.4. The van der Waals surface area contributed by atoms with E-state index in [4.69, 9.17) is 4.74 Å². The van der Waals surface area contributed by atoms with Crippen molar-refractivity contribution in [3.8, 4) is 0 Å². The van der Waals surface area contributed by atoms with Gasteiger partial charge in [0.05, 0.1) is 17.0 Å². The van der Waals surface area contributed by atoms with Crippen molar-refractivity contribution in [2.75, 3.05) is 32.4 Å². The molecule has 0 saturated carbocycles. The molecule has 0 spiro atoms. The van der Waals surface area contributed by atoms with Crippen molar-refractivity contribution in [1.82, 2.24) is 10.2 Å². The van der Waals surface area contributed by atoms with Crippen LogP contribution in [0.2, 0.25) is 0 Å². The van der Waals surface area contributed by atoms with Gasteiger partial charge in [-0.25, -0.2) is 8.42 Å². The minimum absolute atomic E-state index is 0.0279. The van der Waals surface area contributed by atoms with Gasteiger partial charge in [-0.3, -0.25) is 4.90 Å². The molecule has 21 heavy (non-hydrogen) atoms. The predicted molar refractivity (Wildman–Crippen MR) is 87.5 cm³/mol. The Bertz CT molecular complexity index is 436. The summed E-state index contributed by atoms with van der Waals surface area (Å²) < 4.78 is 28.5. The van der Waals surface area contributed by atoms with Gasteiger partial charge in [0, 0.05) is 38.0 Å². The Balaban J connectivity index is 2.57. The first-order valence-electron chi connectivity index (χ1n) is 7.66. The Morgan fingerprint density at radius 3 is 2.00 bits per heavy atom. The fourth-order valence-electron chi connectivity index (χ4n) is 2.58. The van der Waals surface area contributed by atoms with Gasteiger partial charge in [0.15, 0.2) is 9.84 Å². The molecule has 0 aromatic rings. The SMILES string of the molecule is CC1CN(C(C)(C)CNCC(C)(C)S(C)(=O)=O)CC(C)O1. The van der Waals surface area contributed by atoms with Crippen LogP contribution in [0.3, 0.4) is 0 Å². The van der Waals surface area contributed by atoms with Gasteiger partial charge in [-0.05, 0) is 41.5 Å². The zero-order chi connectivity index (χ0) is 16.5. The molecule has 0 amide bonds. The Morgan fingerprint density at radius 2 is 1.57 bits per heavy atom. The van der Waals surface area contributed by atoms with E-state index in [-0.39, 0.29) is 17.7 Å². The molecule has 2 unspecified atom stereocenters. The molecule has 1 heterocycles. The van der Waals surface area contributed by atoms with Gasteiger partial charge in [0.25, 0.3) is 0 Å². The zero-order valence-electron chi connectivity index (χ0n) is 14.6. The smallest absolute Gasteiger partial charge is 0.153 e. The van der Waals surface area contributed by atoms with E-state index in [0.717, 1.165) is 19.6 Å². The molecule has 6 heteroatoms. The third-order valence-corrected chi connectivity index (χ3v) is 6.54. The number of sulfone groups is 1. The molecule has 0 radical (unpaired) electrons. The highest BCUT2D eigenvalue weighted by atomic mass is 32.2. The summed E-state index contributed by atoms with van der Waals surface area (Å²) in [6, 6.07) is 0. The van der Waals surface area contributed by atoms with Crippen molar-refractivity contribution in [1.29, 1.82) is 0 Å². The lowest BCUT2D eigenvalue weighted by atomic mass is 9.99. The Hall–Kier alpha value is -0.170. The highest BCUT2D eigenvalue weighted by molar-refractivity contribution is 7.92. The quantitative estimate of drug-likeness (QED) is 0.799. The van der Waals surface area contributed by atoms with Crippen molar-refractivity contribution >= 4 is 9.84 Å². The summed E-state index contributed by atoms with van der Waals surface area (Å²) in [5, 5.41) is 3.34. The fourth-order valence-corrected chi connectivity index (χ4v) is 2.95. The molecule has 2 atom stereocenters. The number of rotatable bonds is 6. The van der Waals surface area contributed by atoms with Crippen molar-refractivity contribution in [3.63, 3.8) is 0 Å². The number of morpholine rings is 1. The number of nitrogens with one attached hydrogen (secondary N) is 1. The summed E-state index contributed by atoms with van der Waals surface area (Å²) in [5.41, 5.74) is -0.0279. The van der Waals surface area contributed by atoms with Gasteiger partial charge in [-0.2, -0.15) is 0 Å². The third kappa shape index (κ3) is 5.20. The predicted octanol–water partition coefficient (Wildman–Crippen LogP) is 1.29. The molecule has 1 N–H and O–H groups in total. The van der Waals surface area contributed by atoms with Gasteiger partial charge in [-0.1, -0.05) is 0 Å². The van der Waals surface area contributed by atoms with Crippen molar-refractivity contribution in [3.05, 3.63) is 0 Å². The molecule has 5 nitrogen and oxygen atoms in total. The second-order valence-electron chi connectivity index (χ2n) is 7.61. The molecule has 0 bridgehead atoms. The molecule has 0 aromatic heterocycles. The first-order valence-corrected chi connectivity index (χ1v) is 9.55. The summed E-state index contributed by atoms with van der Waals surface area (Å²) in [5.74, 6) is 0. The van der Waals surface area contributed by atoms with Gasteiger partial charge < -0.3 is 10.1 Å². The number of nitrogens with zero attached hydrogens (tertiary/aromatic N) is 1. The van der Waals surface area contributed by atoms with E-state index in [2.05, 4.69) is 37.9 Å². The van der Waals surface area contributed by atoms with Crippen molar-refractivity contribution < 1.29 is 13.2 Å². The average molecular weight is 320 g/mol. The topological polar surface area (TPSA) is 58.6 Å². The second kappa shape index (κ2) is 6.52. The van der Waals surface area contributed by atoms with Crippen LogP contribution < -0.4 is 5.32 Å². The highest BCUT2D eigenvalue weighted by Gasteiger charge is 2.34. The van der Waals surface area contributed by atoms with Crippen LogP contribution in [-0.4, -0.2) is 68.2 Å². The molecular weight excluding hydrogens is 288 g/mol. The van der Waals surface area contributed by atoms with Gasteiger partial charge >= 0.3 is 0 Å². The largest absolute Gasteiger partial charge is 0.373 e. The van der Waals surface area contributed by atoms with E-state index in [9.17, 15) is 8.42 Å². The van der Waals surface area contributed by atoms with Crippen LogP contribution in [-0.2, 0) is 14.6 Å². The maximum atomic E-state index is 11.7. The Kier molecular flexibility index (Phi) is 5.86. The Morgan fingerprint density at radius 1 is 1.10 bits per heavy atom. The molecule has 1 aliphatic heterocycles. The summed E-state index contributed by atoms with van der Waals surface area (Å²) in [6.07, 6.45) is 1.77.